The van der Waals surface area contributed by atoms with Crippen LogP contribution in [-0.4, -0.2) is 30.3 Å². The van der Waals surface area contributed by atoms with Gasteiger partial charge in [0.1, 0.15) is 0 Å². The zero-order chi connectivity index (χ0) is 19.6. The minimum Gasteiger partial charge on any atom is -0.332 e. The third-order valence-corrected chi connectivity index (χ3v) is 4.56. The highest BCUT2D eigenvalue weighted by molar-refractivity contribution is 6.01. The molecule has 26 heavy (non-hydrogen) atoms. The van der Waals surface area contributed by atoms with Gasteiger partial charge >= 0.3 is 0 Å². The van der Waals surface area contributed by atoms with Crippen molar-refractivity contribution < 1.29 is 9.59 Å². The maximum atomic E-state index is 12.8. The number of amides is 2. The number of nitrogens with zero attached hydrogens (tertiary/aromatic N) is 1. The molecular formula is C22H28N2O2. The van der Waals surface area contributed by atoms with Crippen molar-refractivity contribution in [3.05, 3.63) is 63.2 Å². The summed E-state index contributed by atoms with van der Waals surface area (Å²) in [4.78, 5) is 26.7. The molecule has 2 amide bonds. The third kappa shape index (κ3) is 4.31. The maximum absolute atomic E-state index is 12.8. The number of benzene rings is 2. The zero-order valence-corrected chi connectivity index (χ0v) is 16.8. The standard InChI is InChI=1S/C22H28N2O2/c1-13-8-15(3)20(16(4)9-13)22(26)24(7)12-19(25)23-21-17(5)10-14(2)11-18(21)6/h8-11H,12H2,1-7H3,(H,23,25). The van der Waals surface area contributed by atoms with Gasteiger partial charge in [-0.2, -0.15) is 0 Å². The summed E-state index contributed by atoms with van der Waals surface area (Å²) >= 11 is 0. The van der Waals surface area contributed by atoms with Crippen molar-refractivity contribution in [1.29, 1.82) is 0 Å². The van der Waals surface area contributed by atoms with E-state index in [4.69, 9.17) is 0 Å². The van der Waals surface area contributed by atoms with E-state index in [9.17, 15) is 9.59 Å². The largest absolute Gasteiger partial charge is 0.332 e. The van der Waals surface area contributed by atoms with Crippen LogP contribution < -0.4 is 5.32 Å². The first kappa shape index (κ1) is 19.7. The Morgan fingerprint density at radius 2 is 1.23 bits per heavy atom. The van der Waals surface area contributed by atoms with Crippen molar-refractivity contribution in [2.75, 3.05) is 18.9 Å². The molecule has 0 aliphatic heterocycles. The Balaban J connectivity index is 2.14. The topological polar surface area (TPSA) is 49.4 Å². The predicted molar refractivity (Wildman–Crippen MR) is 107 cm³/mol. The van der Waals surface area contributed by atoms with Crippen LogP contribution in [-0.2, 0) is 4.79 Å². The summed E-state index contributed by atoms with van der Waals surface area (Å²) in [7, 11) is 1.66. The second-order valence-corrected chi connectivity index (χ2v) is 7.26. The lowest BCUT2D eigenvalue weighted by molar-refractivity contribution is -0.116. The summed E-state index contributed by atoms with van der Waals surface area (Å²) in [5.74, 6) is -0.328. The van der Waals surface area contributed by atoms with Gasteiger partial charge < -0.3 is 10.2 Å². The van der Waals surface area contributed by atoms with Crippen LogP contribution in [0.4, 0.5) is 5.69 Å². The lowest BCUT2D eigenvalue weighted by Gasteiger charge is -2.20. The van der Waals surface area contributed by atoms with E-state index < -0.39 is 0 Å². The van der Waals surface area contributed by atoms with Gasteiger partial charge in [-0.3, -0.25) is 9.59 Å². The SMILES string of the molecule is Cc1cc(C)c(NC(=O)CN(C)C(=O)c2c(C)cc(C)cc2C)c(C)c1. The summed E-state index contributed by atoms with van der Waals surface area (Å²) in [5, 5.41) is 2.95. The van der Waals surface area contributed by atoms with Crippen LogP contribution in [0.3, 0.4) is 0 Å². The summed E-state index contributed by atoms with van der Waals surface area (Å²) in [5.41, 5.74) is 7.70. The van der Waals surface area contributed by atoms with Crippen molar-refractivity contribution in [2.24, 2.45) is 0 Å². The molecule has 0 atom stereocenters. The third-order valence-electron chi connectivity index (χ3n) is 4.56. The molecule has 0 unspecified atom stereocenters. The van der Waals surface area contributed by atoms with E-state index in [1.165, 1.54) is 4.90 Å². The van der Waals surface area contributed by atoms with E-state index >= 15 is 0 Å². The molecular weight excluding hydrogens is 324 g/mol. The number of carbonyl (C=O) groups excluding carboxylic acids is 2. The molecule has 0 saturated heterocycles. The summed E-state index contributed by atoms with van der Waals surface area (Å²) in [6.07, 6.45) is 0. The molecule has 0 aliphatic carbocycles. The van der Waals surface area contributed by atoms with Crippen LogP contribution in [0.5, 0.6) is 0 Å². The molecule has 0 bridgehead atoms. The number of likely N-dealkylation sites (N-methyl/N-ethyl adjacent to an activating group) is 1. The van der Waals surface area contributed by atoms with Crippen LogP contribution >= 0.6 is 0 Å². The molecule has 0 aliphatic rings. The number of rotatable bonds is 4. The molecule has 1 N–H and O–H groups in total. The second-order valence-electron chi connectivity index (χ2n) is 7.26. The van der Waals surface area contributed by atoms with Crippen molar-refractivity contribution in [3.8, 4) is 0 Å². The molecule has 0 aromatic heterocycles. The van der Waals surface area contributed by atoms with Crippen LogP contribution in [0.25, 0.3) is 0 Å². The van der Waals surface area contributed by atoms with Crippen molar-refractivity contribution in [1.82, 2.24) is 4.90 Å². The fourth-order valence-corrected chi connectivity index (χ4v) is 3.55. The molecule has 0 radical (unpaired) electrons. The second kappa shape index (κ2) is 7.73. The Kier molecular flexibility index (Phi) is 5.86. The van der Waals surface area contributed by atoms with Gasteiger partial charge in [-0.15, -0.1) is 0 Å². The van der Waals surface area contributed by atoms with Crippen molar-refractivity contribution in [3.63, 3.8) is 0 Å². The molecule has 0 saturated carbocycles. The Morgan fingerprint density at radius 3 is 1.69 bits per heavy atom. The molecule has 138 valence electrons. The molecule has 0 heterocycles. The summed E-state index contributed by atoms with van der Waals surface area (Å²) in [6, 6.07) is 8.06. The molecule has 2 rings (SSSR count). The Bertz CT molecular complexity index is 822. The van der Waals surface area contributed by atoms with Gasteiger partial charge in [0.2, 0.25) is 5.91 Å². The summed E-state index contributed by atoms with van der Waals surface area (Å²) in [6.45, 7) is 11.9. The van der Waals surface area contributed by atoms with E-state index in [2.05, 4.69) is 5.32 Å². The number of carbonyl (C=O) groups is 2. The van der Waals surface area contributed by atoms with Crippen LogP contribution in [0.2, 0.25) is 0 Å². The number of anilines is 1. The van der Waals surface area contributed by atoms with Gasteiger partial charge in [-0.05, 0) is 63.8 Å². The van der Waals surface area contributed by atoms with E-state index in [0.717, 1.165) is 39.1 Å². The van der Waals surface area contributed by atoms with Crippen LogP contribution in [0, 0.1) is 41.5 Å². The summed E-state index contributed by atoms with van der Waals surface area (Å²) < 4.78 is 0. The average Bonchev–Trinajstić information content (AvgIpc) is 2.49. The fraction of sp³-hybridized carbons (Fsp3) is 0.364. The molecule has 0 fully saturated rings. The van der Waals surface area contributed by atoms with Gasteiger partial charge in [-0.1, -0.05) is 35.4 Å². The highest BCUT2D eigenvalue weighted by atomic mass is 16.2. The fourth-order valence-electron chi connectivity index (χ4n) is 3.55. The van der Waals surface area contributed by atoms with Crippen molar-refractivity contribution >= 4 is 17.5 Å². The molecule has 4 nitrogen and oxygen atoms in total. The minimum atomic E-state index is -0.196. The first-order valence-electron chi connectivity index (χ1n) is 8.81. The van der Waals surface area contributed by atoms with Gasteiger partial charge in [0, 0.05) is 18.3 Å². The quantitative estimate of drug-likeness (QED) is 0.894. The highest BCUT2D eigenvalue weighted by Crippen LogP contribution is 2.22. The van der Waals surface area contributed by atoms with E-state index in [-0.39, 0.29) is 18.4 Å². The molecule has 2 aromatic rings. The maximum Gasteiger partial charge on any atom is 0.254 e. The molecule has 0 spiro atoms. The number of nitrogens with one attached hydrogen (secondary N) is 1. The monoisotopic (exact) mass is 352 g/mol. The number of hydrogen-bond acceptors (Lipinski definition) is 2. The number of hydrogen-bond donors (Lipinski definition) is 1. The zero-order valence-electron chi connectivity index (χ0n) is 16.8. The van der Waals surface area contributed by atoms with E-state index in [1.807, 2.05) is 65.8 Å². The first-order chi connectivity index (χ1) is 12.1. The normalized spacial score (nSPS) is 10.6. The number of aryl methyl sites for hydroxylation is 6. The van der Waals surface area contributed by atoms with Gasteiger partial charge in [0.15, 0.2) is 0 Å². The van der Waals surface area contributed by atoms with Crippen LogP contribution in [0.15, 0.2) is 24.3 Å². The minimum absolute atomic E-state index is 0.0122. The van der Waals surface area contributed by atoms with Gasteiger partial charge in [0.05, 0.1) is 6.54 Å². The predicted octanol–water partition coefficient (Wildman–Crippen LogP) is 4.25. The van der Waals surface area contributed by atoms with E-state index in [1.54, 1.807) is 7.05 Å². The Hall–Kier alpha value is -2.62. The van der Waals surface area contributed by atoms with Gasteiger partial charge in [0.25, 0.3) is 5.91 Å². The van der Waals surface area contributed by atoms with Crippen LogP contribution in [0.1, 0.15) is 43.7 Å². The van der Waals surface area contributed by atoms with Crippen molar-refractivity contribution in [2.45, 2.75) is 41.5 Å². The average molecular weight is 352 g/mol. The smallest absolute Gasteiger partial charge is 0.254 e. The lowest BCUT2D eigenvalue weighted by atomic mass is 9.99. The highest BCUT2D eigenvalue weighted by Gasteiger charge is 2.19. The molecule has 2 aromatic carbocycles. The molecule has 4 heteroatoms. The van der Waals surface area contributed by atoms with E-state index in [0.29, 0.717) is 5.56 Å². The lowest BCUT2D eigenvalue weighted by Crippen LogP contribution is -2.35. The Labute approximate surface area is 156 Å². The first-order valence-corrected chi connectivity index (χ1v) is 8.81. The van der Waals surface area contributed by atoms with Gasteiger partial charge in [-0.25, -0.2) is 0 Å². The Morgan fingerprint density at radius 1 is 0.808 bits per heavy atom.